The smallest absolute Gasteiger partial charge is 0.191 e. The van der Waals surface area contributed by atoms with Crippen LogP contribution in [0.2, 0.25) is 0 Å². The van der Waals surface area contributed by atoms with Crippen LogP contribution in [0.4, 0.5) is 0 Å². The Morgan fingerprint density at radius 1 is 1.25 bits per heavy atom. The highest BCUT2D eigenvalue weighted by molar-refractivity contribution is 4.42. The summed E-state index contributed by atoms with van der Waals surface area (Å²) >= 11 is 0. The van der Waals surface area contributed by atoms with Gasteiger partial charge in [0.2, 0.25) is 0 Å². The quantitative estimate of drug-likeness (QED) is 0.321. The molecule has 1 atom stereocenters. The fourth-order valence-corrected chi connectivity index (χ4v) is 0.739. The average Bonchev–Trinajstić information content (AvgIpc) is 2.10. The van der Waals surface area contributed by atoms with E-state index in [2.05, 4.69) is 0 Å². The van der Waals surface area contributed by atoms with E-state index in [0.29, 0.717) is 26.1 Å². The molecule has 0 bridgehead atoms. The number of hydrogen-bond acceptors (Lipinski definition) is 3. The molecule has 0 aromatic carbocycles. The molecule has 0 spiro atoms. The first-order chi connectivity index (χ1) is 5.85. The highest BCUT2D eigenvalue weighted by Gasteiger charge is 2.08. The molecule has 0 saturated carbocycles. The van der Waals surface area contributed by atoms with Gasteiger partial charge in [0.25, 0.3) is 0 Å². The lowest BCUT2D eigenvalue weighted by Crippen LogP contribution is -2.18. The number of hydrogen-bond donors (Lipinski definition) is 0. The van der Waals surface area contributed by atoms with Crippen LogP contribution < -0.4 is 0 Å². The molecule has 4 nitrogen and oxygen atoms in total. The van der Waals surface area contributed by atoms with Crippen LogP contribution in [-0.2, 0) is 19.6 Å². The third-order valence-electron chi connectivity index (χ3n) is 1.23. The van der Waals surface area contributed by atoms with E-state index in [9.17, 15) is 5.11 Å². The first-order valence-corrected chi connectivity index (χ1v) is 4.33. The van der Waals surface area contributed by atoms with Crippen LogP contribution in [0.25, 0.3) is 0 Å². The fraction of sp³-hybridized carbons (Fsp3) is 1.00. The Hall–Kier alpha value is -0.160. The van der Waals surface area contributed by atoms with E-state index in [1.807, 2.05) is 13.8 Å². The van der Waals surface area contributed by atoms with Crippen molar-refractivity contribution in [2.24, 2.45) is 0 Å². The Balaban J connectivity index is 3.40. The summed E-state index contributed by atoms with van der Waals surface area (Å²) in [4.78, 5) is 9.59. The zero-order valence-corrected chi connectivity index (χ0v) is 7.75. The lowest BCUT2D eigenvalue weighted by atomic mass is 10.3. The Morgan fingerprint density at radius 2 is 2.00 bits per heavy atom. The molecule has 1 radical (unpaired) electrons. The van der Waals surface area contributed by atoms with Gasteiger partial charge in [-0.2, -0.15) is 0 Å². The molecule has 0 aromatic rings. The summed E-state index contributed by atoms with van der Waals surface area (Å²) in [6, 6.07) is 0. The molecule has 4 heteroatoms. The summed E-state index contributed by atoms with van der Waals surface area (Å²) in [7, 11) is 0. The van der Waals surface area contributed by atoms with Crippen LogP contribution in [0.15, 0.2) is 0 Å². The van der Waals surface area contributed by atoms with Gasteiger partial charge in [-0.05, 0) is 20.3 Å². The lowest BCUT2D eigenvalue weighted by Gasteiger charge is -2.14. The second-order valence-electron chi connectivity index (χ2n) is 2.23. The van der Waals surface area contributed by atoms with Crippen molar-refractivity contribution in [3.63, 3.8) is 0 Å². The predicted octanol–water partition coefficient (Wildman–Crippen LogP) is 1.53. The molecule has 0 aliphatic carbocycles. The summed E-state index contributed by atoms with van der Waals surface area (Å²) < 4.78 is 5.16. The lowest BCUT2D eigenvalue weighted by molar-refractivity contribution is -0.377. The van der Waals surface area contributed by atoms with Crippen molar-refractivity contribution in [1.29, 1.82) is 0 Å². The zero-order valence-electron chi connectivity index (χ0n) is 7.75. The molecule has 0 saturated heterocycles. The van der Waals surface area contributed by atoms with Crippen molar-refractivity contribution < 1.29 is 19.6 Å². The molecule has 0 aliphatic rings. The summed E-state index contributed by atoms with van der Waals surface area (Å²) in [5, 5.41) is 10.2. The van der Waals surface area contributed by atoms with Crippen LogP contribution in [0.5, 0.6) is 0 Å². The Kier molecular flexibility index (Phi) is 8.81. The van der Waals surface area contributed by atoms with E-state index in [0.717, 1.165) is 0 Å². The zero-order chi connectivity index (χ0) is 9.23. The van der Waals surface area contributed by atoms with Crippen LogP contribution in [-0.4, -0.2) is 26.1 Å². The van der Waals surface area contributed by atoms with E-state index in [1.165, 1.54) is 0 Å². The van der Waals surface area contributed by atoms with Crippen molar-refractivity contribution in [2.75, 3.05) is 19.8 Å². The fourth-order valence-electron chi connectivity index (χ4n) is 0.739. The van der Waals surface area contributed by atoms with Crippen molar-refractivity contribution in [3.05, 3.63) is 0 Å². The summed E-state index contributed by atoms with van der Waals surface area (Å²) in [6.45, 7) is 4.66. The van der Waals surface area contributed by atoms with E-state index in [-0.39, 0.29) is 12.9 Å². The highest BCUT2D eigenvalue weighted by atomic mass is 17.2. The van der Waals surface area contributed by atoms with Crippen LogP contribution in [0.3, 0.4) is 0 Å². The minimum Gasteiger partial charge on any atom is -0.350 e. The molecule has 0 rings (SSSR count). The molecular formula is C8H17O4. The maximum atomic E-state index is 10.2. The van der Waals surface area contributed by atoms with E-state index in [1.54, 1.807) is 0 Å². The molecular weight excluding hydrogens is 160 g/mol. The Bertz CT molecular complexity index is 79.1. The van der Waals surface area contributed by atoms with Gasteiger partial charge in [0, 0.05) is 13.0 Å². The minimum absolute atomic E-state index is 0.0982. The van der Waals surface area contributed by atoms with Gasteiger partial charge in [0.1, 0.15) is 0 Å². The van der Waals surface area contributed by atoms with Gasteiger partial charge in [-0.1, -0.05) is 0 Å². The van der Waals surface area contributed by atoms with Gasteiger partial charge in [-0.15, -0.1) is 0 Å². The monoisotopic (exact) mass is 177 g/mol. The Morgan fingerprint density at radius 3 is 2.50 bits per heavy atom. The predicted molar refractivity (Wildman–Crippen MR) is 42.9 cm³/mol. The van der Waals surface area contributed by atoms with Crippen molar-refractivity contribution in [1.82, 2.24) is 0 Å². The largest absolute Gasteiger partial charge is 0.350 e. The summed E-state index contributed by atoms with van der Waals surface area (Å²) in [6.07, 6.45) is 0.763. The summed E-state index contributed by atoms with van der Waals surface area (Å²) in [5.74, 6) is 0. The third kappa shape index (κ3) is 6.54. The standard InChI is InChI=1S/C8H17O4/c1-3-10-8(6-5-7-9)12-11-4-2/h8H,3-7H2,1-2H3. The SMILES string of the molecule is CCOOC(CCC[O])OCC. The molecule has 0 heterocycles. The molecule has 1 unspecified atom stereocenters. The van der Waals surface area contributed by atoms with Gasteiger partial charge in [-0.3, -0.25) is 0 Å². The van der Waals surface area contributed by atoms with Gasteiger partial charge >= 0.3 is 0 Å². The molecule has 0 amide bonds. The topological polar surface area (TPSA) is 47.6 Å². The second kappa shape index (κ2) is 8.93. The van der Waals surface area contributed by atoms with Crippen molar-refractivity contribution in [2.45, 2.75) is 33.0 Å². The normalized spacial score (nSPS) is 13.2. The third-order valence-corrected chi connectivity index (χ3v) is 1.23. The second-order valence-corrected chi connectivity index (χ2v) is 2.23. The molecule has 0 aromatic heterocycles. The molecule has 12 heavy (non-hydrogen) atoms. The molecule has 0 N–H and O–H groups in total. The molecule has 0 fully saturated rings. The Labute approximate surface area is 73.4 Å². The maximum absolute atomic E-state index is 10.2. The van der Waals surface area contributed by atoms with Crippen LogP contribution in [0.1, 0.15) is 26.7 Å². The van der Waals surface area contributed by atoms with Gasteiger partial charge < -0.3 is 4.74 Å². The maximum Gasteiger partial charge on any atom is 0.191 e. The van der Waals surface area contributed by atoms with E-state index in [4.69, 9.17) is 14.5 Å². The molecule has 0 aliphatic heterocycles. The van der Waals surface area contributed by atoms with Crippen molar-refractivity contribution >= 4 is 0 Å². The van der Waals surface area contributed by atoms with E-state index >= 15 is 0 Å². The first-order valence-electron chi connectivity index (χ1n) is 4.33. The van der Waals surface area contributed by atoms with E-state index < -0.39 is 0 Å². The van der Waals surface area contributed by atoms with Gasteiger partial charge in [0.05, 0.1) is 13.2 Å². The van der Waals surface area contributed by atoms with Crippen LogP contribution in [0, 0.1) is 0 Å². The average molecular weight is 177 g/mol. The van der Waals surface area contributed by atoms with Gasteiger partial charge in [0.15, 0.2) is 6.29 Å². The van der Waals surface area contributed by atoms with Crippen LogP contribution >= 0.6 is 0 Å². The highest BCUT2D eigenvalue weighted by Crippen LogP contribution is 2.04. The minimum atomic E-state index is -0.385. The van der Waals surface area contributed by atoms with Crippen molar-refractivity contribution in [3.8, 4) is 0 Å². The molecule has 73 valence electrons. The first kappa shape index (κ1) is 11.8. The van der Waals surface area contributed by atoms with Gasteiger partial charge in [-0.25, -0.2) is 14.9 Å². The summed E-state index contributed by atoms with van der Waals surface area (Å²) in [5.41, 5.74) is 0. The number of rotatable bonds is 8. The number of ether oxygens (including phenoxy) is 1.